The number of aromatic amines is 1. The minimum atomic E-state index is -1.30. The van der Waals surface area contributed by atoms with Crippen molar-refractivity contribution in [3.05, 3.63) is 35.7 Å². The quantitative estimate of drug-likeness (QED) is 0.243. The highest BCUT2D eigenvalue weighted by Crippen LogP contribution is 2.17. The number of carboxylic acids is 2. The molecule has 9 N–H and O–H groups in total. The number of fused-ring (bicyclic) bond motifs is 1. The number of amides is 1. The van der Waals surface area contributed by atoms with E-state index in [0.717, 1.165) is 0 Å². The number of hydrogen-bond acceptors (Lipinski definition) is 9. The van der Waals surface area contributed by atoms with E-state index in [4.69, 9.17) is 21.7 Å². The van der Waals surface area contributed by atoms with Crippen LogP contribution in [0.15, 0.2) is 24.3 Å². The van der Waals surface area contributed by atoms with Gasteiger partial charge in [0, 0.05) is 17.7 Å². The zero-order valence-electron chi connectivity index (χ0n) is 16.1. The van der Waals surface area contributed by atoms with E-state index in [1.807, 2.05) is 0 Å². The van der Waals surface area contributed by atoms with Gasteiger partial charge in [-0.25, -0.2) is 9.78 Å². The summed E-state index contributed by atoms with van der Waals surface area (Å²) in [7, 11) is 0. The van der Waals surface area contributed by atoms with Gasteiger partial charge in [0.2, 0.25) is 5.95 Å². The first-order valence-corrected chi connectivity index (χ1v) is 9.10. The lowest BCUT2D eigenvalue weighted by Crippen LogP contribution is -2.41. The Morgan fingerprint density at radius 3 is 2.42 bits per heavy atom. The molecule has 1 aromatic carbocycles. The van der Waals surface area contributed by atoms with E-state index in [1.165, 1.54) is 12.1 Å². The molecule has 162 valence electrons. The predicted octanol–water partition coefficient (Wildman–Crippen LogP) is 0.177. The van der Waals surface area contributed by atoms with Crippen molar-refractivity contribution in [2.75, 3.05) is 16.8 Å². The molecular weight excluding hydrogens is 408 g/mol. The standard InChI is InChI=1S/C18H20N8O5/c19-14-13-15(26-18(20)25-14)24-11(23-13)7-21-9-3-1-8(2-4-9)16(29)22-10(17(30)31)5-6-12(27)28/h1-4,10,21H,5-7H2,(H,22,29)(H,27,28)(H,30,31)(H5,19,20,23,24,25,26). The van der Waals surface area contributed by atoms with Gasteiger partial charge in [-0.2, -0.15) is 9.97 Å². The molecule has 0 saturated heterocycles. The first kappa shape index (κ1) is 21.3. The number of benzene rings is 1. The topological polar surface area (TPSA) is 222 Å². The van der Waals surface area contributed by atoms with Crippen LogP contribution in [0.1, 0.15) is 29.0 Å². The molecule has 0 spiro atoms. The molecule has 1 atom stereocenters. The number of aliphatic carboxylic acids is 2. The molecule has 0 aliphatic heterocycles. The molecule has 31 heavy (non-hydrogen) atoms. The van der Waals surface area contributed by atoms with Crippen molar-refractivity contribution in [1.29, 1.82) is 0 Å². The zero-order valence-corrected chi connectivity index (χ0v) is 16.1. The summed E-state index contributed by atoms with van der Waals surface area (Å²) in [6, 6.07) is 5.00. The number of carbonyl (C=O) groups is 3. The van der Waals surface area contributed by atoms with Gasteiger partial charge in [-0.15, -0.1) is 0 Å². The number of hydrogen-bond donors (Lipinski definition) is 7. The molecular formula is C18H20N8O5. The number of rotatable bonds is 9. The molecule has 0 fully saturated rings. The molecule has 2 heterocycles. The summed E-state index contributed by atoms with van der Waals surface area (Å²) >= 11 is 0. The van der Waals surface area contributed by atoms with E-state index in [1.54, 1.807) is 12.1 Å². The molecule has 1 unspecified atom stereocenters. The van der Waals surface area contributed by atoms with E-state index >= 15 is 0 Å². The summed E-state index contributed by atoms with van der Waals surface area (Å²) in [5.74, 6) is -2.29. The lowest BCUT2D eigenvalue weighted by molar-refractivity contribution is -0.140. The molecule has 0 bridgehead atoms. The van der Waals surface area contributed by atoms with Crippen LogP contribution in [-0.2, 0) is 16.1 Å². The maximum Gasteiger partial charge on any atom is 0.326 e. The number of nitrogens with two attached hydrogens (primary N) is 2. The molecule has 2 aromatic heterocycles. The Balaban J connectivity index is 1.60. The van der Waals surface area contributed by atoms with Crippen molar-refractivity contribution in [2.45, 2.75) is 25.4 Å². The van der Waals surface area contributed by atoms with E-state index < -0.39 is 23.9 Å². The Bertz CT molecular complexity index is 1130. The maximum absolute atomic E-state index is 12.3. The van der Waals surface area contributed by atoms with Crippen molar-refractivity contribution in [3.8, 4) is 0 Å². The van der Waals surface area contributed by atoms with Gasteiger partial charge in [0.05, 0.1) is 6.54 Å². The molecule has 0 radical (unpaired) electrons. The first-order valence-electron chi connectivity index (χ1n) is 9.10. The van der Waals surface area contributed by atoms with E-state index in [0.29, 0.717) is 29.2 Å². The molecule has 0 saturated carbocycles. The number of nitrogens with zero attached hydrogens (tertiary/aromatic N) is 3. The van der Waals surface area contributed by atoms with Gasteiger partial charge in [0.15, 0.2) is 11.5 Å². The fourth-order valence-electron chi connectivity index (χ4n) is 2.76. The van der Waals surface area contributed by atoms with Gasteiger partial charge >= 0.3 is 11.9 Å². The van der Waals surface area contributed by atoms with E-state index in [2.05, 4.69) is 30.6 Å². The Kier molecular flexibility index (Phi) is 6.14. The van der Waals surface area contributed by atoms with Crippen LogP contribution in [-0.4, -0.2) is 54.0 Å². The Labute approximate surface area is 174 Å². The van der Waals surface area contributed by atoms with Crippen LogP contribution < -0.4 is 22.1 Å². The Morgan fingerprint density at radius 2 is 1.77 bits per heavy atom. The van der Waals surface area contributed by atoms with Crippen molar-refractivity contribution >= 4 is 46.5 Å². The Hall–Kier alpha value is -4.42. The largest absolute Gasteiger partial charge is 0.481 e. The first-order chi connectivity index (χ1) is 14.7. The second-order valence-corrected chi connectivity index (χ2v) is 6.58. The fraction of sp³-hybridized carbons (Fsp3) is 0.222. The summed E-state index contributed by atoms with van der Waals surface area (Å²) in [6.45, 7) is 0.303. The number of nitrogens with one attached hydrogen (secondary N) is 3. The van der Waals surface area contributed by atoms with Crippen LogP contribution in [0.2, 0.25) is 0 Å². The minimum Gasteiger partial charge on any atom is -0.481 e. The SMILES string of the molecule is Nc1nc(N)c2[nH]c(CNc3ccc(C(=O)NC(CCC(=O)O)C(=O)O)cc3)nc2n1. The Morgan fingerprint density at radius 1 is 1.06 bits per heavy atom. The normalized spacial score (nSPS) is 11.7. The fourth-order valence-corrected chi connectivity index (χ4v) is 2.76. The van der Waals surface area contributed by atoms with Crippen LogP contribution >= 0.6 is 0 Å². The number of nitrogen functional groups attached to an aromatic ring is 2. The number of carboxylic acid groups (broad SMARTS) is 2. The molecule has 3 aromatic rings. The minimum absolute atomic E-state index is 0.0259. The molecule has 0 aliphatic rings. The van der Waals surface area contributed by atoms with Crippen molar-refractivity contribution in [3.63, 3.8) is 0 Å². The molecule has 1 amide bonds. The van der Waals surface area contributed by atoms with Crippen LogP contribution in [0.5, 0.6) is 0 Å². The van der Waals surface area contributed by atoms with Gasteiger partial charge in [-0.1, -0.05) is 0 Å². The monoisotopic (exact) mass is 428 g/mol. The lowest BCUT2D eigenvalue weighted by atomic mass is 10.1. The van der Waals surface area contributed by atoms with Gasteiger partial charge < -0.3 is 37.3 Å². The third-order valence-electron chi connectivity index (χ3n) is 4.30. The average molecular weight is 428 g/mol. The molecule has 3 rings (SSSR count). The number of imidazole rings is 1. The van der Waals surface area contributed by atoms with E-state index in [9.17, 15) is 14.4 Å². The van der Waals surface area contributed by atoms with Crippen molar-refractivity contribution < 1.29 is 24.6 Å². The van der Waals surface area contributed by atoms with Crippen LogP contribution in [0.25, 0.3) is 11.2 Å². The highest BCUT2D eigenvalue weighted by atomic mass is 16.4. The maximum atomic E-state index is 12.3. The van der Waals surface area contributed by atoms with E-state index in [-0.39, 0.29) is 30.2 Å². The lowest BCUT2D eigenvalue weighted by Gasteiger charge is -2.14. The molecule has 0 aliphatic carbocycles. The number of aromatic nitrogens is 4. The van der Waals surface area contributed by atoms with Crippen LogP contribution in [0, 0.1) is 0 Å². The number of carbonyl (C=O) groups excluding carboxylic acids is 1. The summed E-state index contributed by atoms with van der Waals surface area (Å²) in [6.07, 6.45) is -0.584. The third kappa shape index (κ3) is 5.35. The van der Waals surface area contributed by atoms with Crippen molar-refractivity contribution in [2.24, 2.45) is 0 Å². The summed E-state index contributed by atoms with van der Waals surface area (Å²) < 4.78 is 0. The second-order valence-electron chi connectivity index (χ2n) is 6.58. The van der Waals surface area contributed by atoms with Gasteiger partial charge in [-0.3, -0.25) is 9.59 Å². The van der Waals surface area contributed by atoms with Crippen molar-refractivity contribution in [1.82, 2.24) is 25.3 Å². The van der Waals surface area contributed by atoms with Crippen LogP contribution in [0.3, 0.4) is 0 Å². The average Bonchev–Trinajstić information content (AvgIpc) is 3.12. The number of H-pyrrole nitrogens is 1. The highest BCUT2D eigenvalue weighted by Gasteiger charge is 2.21. The molecule has 13 heteroatoms. The zero-order chi connectivity index (χ0) is 22.5. The van der Waals surface area contributed by atoms with Gasteiger partial charge in [0.1, 0.15) is 17.4 Å². The predicted molar refractivity (Wildman–Crippen MR) is 110 cm³/mol. The number of anilines is 3. The van der Waals surface area contributed by atoms with Gasteiger partial charge in [-0.05, 0) is 30.7 Å². The highest BCUT2D eigenvalue weighted by molar-refractivity contribution is 5.97. The summed E-state index contributed by atoms with van der Waals surface area (Å²) in [4.78, 5) is 49.2. The van der Waals surface area contributed by atoms with Crippen LogP contribution in [0.4, 0.5) is 17.5 Å². The summed E-state index contributed by atoms with van der Waals surface area (Å²) in [5.41, 5.74) is 13.1. The van der Waals surface area contributed by atoms with Gasteiger partial charge in [0.25, 0.3) is 5.91 Å². The summed E-state index contributed by atoms with van der Waals surface area (Å²) in [5, 5.41) is 23.3. The smallest absolute Gasteiger partial charge is 0.326 e. The second kappa shape index (κ2) is 8.94. The third-order valence-corrected chi connectivity index (χ3v) is 4.30. The molecule has 13 nitrogen and oxygen atoms in total.